The normalized spacial score (nSPS) is 14.4. The van der Waals surface area contributed by atoms with Crippen molar-refractivity contribution in [2.45, 2.75) is 45.9 Å². The van der Waals surface area contributed by atoms with Gasteiger partial charge in [-0.2, -0.15) is 8.78 Å². The third kappa shape index (κ3) is 5.70. The molecular weight excluding hydrogens is 448 g/mol. The number of para-hydroxylation sites is 1. The highest BCUT2D eigenvalue weighted by Crippen LogP contribution is 2.25. The van der Waals surface area contributed by atoms with E-state index in [1.165, 1.54) is 30.3 Å². The van der Waals surface area contributed by atoms with Crippen molar-refractivity contribution >= 4 is 17.7 Å². The van der Waals surface area contributed by atoms with Crippen LogP contribution < -0.4 is 10.1 Å². The Morgan fingerprint density at radius 1 is 1.21 bits per heavy atom. The topological polar surface area (TPSA) is 108 Å². The number of rotatable bonds is 9. The lowest BCUT2D eigenvalue weighted by Gasteiger charge is -2.33. The fourth-order valence-corrected chi connectivity index (χ4v) is 4.04. The molecule has 0 aliphatic carbocycles. The van der Waals surface area contributed by atoms with Crippen LogP contribution in [0, 0.1) is 5.92 Å². The molecule has 0 spiro atoms. The molecule has 184 valence electrons. The van der Waals surface area contributed by atoms with E-state index >= 15 is 0 Å². The molecule has 2 heterocycles. The van der Waals surface area contributed by atoms with Crippen molar-refractivity contribution < 1.29 is 27.9 Å². The summed E-state index contributed by atoms with van der Waals surface area (Å²) in [7, 11) is 1.46. The molecule has 1 aliphatic rings. The number of amides is 3. The van der Waals surface area contributed by atoms with Crippen LogP contribution in [0.5, 0.6) is 5.75 Å². The molecule has 1 aliphatic heterocycles. The summed E-state index contributed by atoms with van der Waals surface area (Å²) in [5.41, 5.74) is 0.322. The van der Waals surface area contributed by atoms with Crippen LogP contribution in [0.2, 0.25) is 0 Å². The first-order valence-electron chi connectivity index (χ1n) is 11.1. The molecule has 0 radical (unpaired) electrons. The predicted octanol–water partition coefficient (Wildman–Crippen LogP) is 2.66. The van der Waals surface area contributed by atoms with Crippen molar-refractivity contribution in [1.82, 2.24) is 25.1 Å². The van der Waals surface area contributed by atoms with Gasteiger partial charge in [-0.1, -0.05) is 32.0 Å². The van der Waals surface area contributed by atoms with Crippen LogP contribution in [-0.4, -0.2) is 70.3 Å². The third-order valence-corrected chi connectivity index (χ3v) is 5.67. The predicted molar refractivity (Wildman–Crippen MR) is 119 cm³/mol. The number of carbonyl (C=O) groups is 3. The maximum atomic E-state index is 13.6. The molecule has 1 fully saturated rings. The molecular formula is C23H29F2N5O4. The summed E-state index contributed by atoms with van der Waals surface area (Å²) in [4.78, 5) is 48.7. The van der Waals surface area contributed by atoms with E-state index in [2.05, 4.69) is 20.0 Å². The van der Waals surface area contributed by atoms with E-state index in [9.17, 15) is 23.2 Å². The van der Waals surface area contributed by atoms with Gasteiger partial charge < -0.3 is 24.8 Å². The van der Waals surface area contributed by atoms with Crippen molar-refractivity contribution in [3.05, 3.63) is 47.5 Å². The lowest BCUT2D eigenvalue weighted by molar-refractivity contribution is -0.126. The number of nitrogens with one attached hydrogen (secondary N) is 2. The number of benzene rings is 1. The van der Waals surface area contributed by atoms with E-state index in [4.69, 9.17) is 0 Å². The Morgan fingerprint density at radius 3 is 2.50 bits per heavy atom. The van der Waals surface area contributed by atoms with Gasteiger partial charge in [0.25, 0.3) is 11.8 Å². The number of hydrogen-bond donors (Lipinski definition) is 2. The molecule has 34 heavy (non-hydrogen) atoms. The number of alkyl halides is 2. The monoisotopic (exact) mass is 477 g/mol. The number of halogens is 2. The zero-order valence-electron chi connectivity index (χ0n) is 19.4. The fourth-order valence-electron chi connectivity index (χ4n) is 4.04. The molecule has 2 N–H and O–H groups in total. The minimum Gasteiger partial charge on any atom is -0.434 e. The second-order valence-electron chi connectivity index (χ2n) is 8.37. The van der Waals surface area contributed by atoms with Crippen molar-refractivity contribution in [2.24, 2.45) is 5.92 Å². The number of likely N-dealkylation sites (N-methyl/N-ethyl adjacent to an activating group) is 1. The van der Waals surface area contributed by atoms with Gasteiger partial charge in [0.15, 0.2) is 5.82 Å². The van der Waals surface area contributed by atoms with Crippen LogP contribution in [0.3, 0.4) is 0 Å². The average Bonchev–Trinajstić information content (AvgIpc) is 3.50. The molecule has 2 aromatic rings. The molecule has 3 rings (SSSR count). The third-order valence-electron chi connectivity index (χ3n) is 5.67. The first-order valence-corrected chi connectivity index (χ1v) is 11.1. The summed E-state index contributed by atoms with van der Waals surface area (Å²) >= 11 is 0. The summed E-state index contributed by atoms with van der Waals surface area (Å²) in [6.45, 7) is 1.58. The Balaban J connectivity index is 1.95. The Labute approximate surface area is 196 Å². The maximum Gasteiger partial charge on any atom is 0.387 e. The number of nitrogens with zero attached hydrogens (tertiary/aromatic N) is 3. The quantitative estimate of drug-likeness (QED) is 0.578. The van der Waals surface area contributed by atoms with E-state index in [0.717, 1.165) is 12.8 Å². The van der Waals surface area contributed by atoms with Crippen molar-refractivity contribution in [3.8, 4) is 5.75 Å². The van der Waals surface area contributed by atoms with Gasteiger partial charge in [0.05, 0.1) is 12.7 Å². The van der Waals surface area contributed by atoms with Crippen molar-refractivity contribution in [3.63, 3.8) is 0 Å². The van der Waals surface area contributed by atoms with Gasteiger partial charge in [-0.05, 0) is 24.8 Å². The van der Waals surface area contributed by atoms with Gasteiger partial charge in [-0.3, -0.25) is 14.4 Å². The number of hydrogen-bond acceptors (Lipinski definition) is 5. The smallest absolute Gasteiger partial charge is 0.387 e. The highest BCUT2D eigenvalue weighted by atomic mass is 19.3. The van der Waals surface area contributed by atoms with E-state index in [1.807, 2.05) is 0 Å². The summed E-state index contributed by atoms with van der Waals surface area (Å²) in [5, 5.41) is 2.56. The van der Waals surface area contributed by atoms with Crippen LogP contribution >= 0.6 is 0 Å². The molecule has 0 bridgehead atoms. The largest absolute Gasteiger partial charge is 0.434 e. The van der Waals surface area contributed by atoms with Gasteiger partial charge in [-0.15, -0.1) is 0 Å². The Hall–Kier alpha value is -3.50. The van der Waals surface area contributed by atoms with E-state index in [-0.39, 0.29) is 35.6 Å². The standard InChI is InChI=1S/C23H29F2N5O4/c1-14(2)18(20(31)26-3)30(13-15-8-4-5-9-17(15)34-23(24)25)21(32)16-12-27-19(28-16)22(33)29-10-6-7-11-29/h4-5,8-9,12,14,18,23H,6-7,10-11,13H2,1-3H3,(H,26,31)(H,27,28). The first-order chi connectivity index (χ1) is 16.2. The fraction of sp³-hybridized carbons (Fsp3) is 0.478. The second kappa shape index (κ2) is 11.1. The molecule has 0 saturated carbocycles. The first kappa shape index (κ1) is 25.1. The zero-order valence-corrected chi connectivity index (χ0v) is 19.4. The molecule has 1 aromatic carbocycles. The summed E-state index contributed by atoms with van der Waals surface area (Å²) in [6, 6.07) is 5.17. The number of carbonyl (C=O) groups excluding carboxylic acids is 3. The number of imidazole rings is 1. The van der Waals surface area contributed by atoms with Crippen LogP contribution in [-0.2, 0) is 11.3 Å². The van der Waals surface area contributed by atoms with Gasteiger partial charge >= 0.3 is 6.61 Å². The molecule has 1 aromatic heterocycles. The van der Waals surface area contributed by atoms with E-state index < -0.39 is 24.5 Å². The highest BCUT2D eigenvalue weighted by Gasteiger charge is 2.34. The second-order valence-corrected chi connectivity index (χ2v) is 8.37. The van der Waals surface area contributed by atoms with Crippen LogP contribution in [0.1, 0.15) is 53.4 Å². The molecule has 3 amide bonds. The van der Waals surface area contributed by atoms with E-state index in [0.29, 0.717) is 18.7 Å². The number of likely N-dealkylation sites (tertiary alicyclic amines) is 1. The van der Waals surface area contributed by atoms with Gasteiger partial charge in [0, 0.05) is 25.7 Å². The number of H-pyrrole nitrogens is 1. The lowest BCUT2D eigenvalue weighted by Crippen LogP contribution is -2.51. The molecule has 9 nitrogen and oxygen atoms in total. The molecule has 1 atom stereocenters. The molecule has 11 heteroatoms. The minimum absolute atomic E-state index is 0.0179. The number of aromatic nitrogens is 2. The Bertz CT molecular complexity index is 1020. The zero-order chi connectivity index (χ0) is 24.8. The van der Waals surface area contributed by atoms with Gasteiger partial charge in [-0.25, -0.2) is 4.98 Å². The summed E-state index contributed by atoms with van der Waals surface area (Å²) < 4.78 is 30.5. The summed E-state index contributed by atoms with van der Waals surface area (Å²) in [5.74, 6) is -1.67. The number of ether oxygens (including phenoxy) is 1. The molecule has 1 unspecified atom stereocenters. The van der Waals surface area contributed by atoms with Crippen LogP contribution in [0.25, 0.3) is 0 Å². The van der Waals surface area contributed by atoms with Crippen LogP contribution in [0.4, 0.5) is 8.78 Å². The van der Waals surface area contributed by atoms with Crippen molar-refractivity contribution in [2.75, 3.05) is 20.1 Å². The summed E-state index contributed by atoms with van der Waals surface area (Å²) in [6.07, 6.45) is 3.07. The molecule has 1 saturated heterocycles. The van der Waals surface area contributed by atoms with E-state index in [1.54, 1.807) is 30.9 Å². The minimum atomic E-state index is -3.04. The average molecular weight is 478 g/mol. The SMILES string of the molecule is CNC(=O)C(C(C)C)N(Cc1ccccc1OC(F)F)C(=O)c1cnc(C(=O)N2CCCC2)[nH]1. The Morgan fingerprint density at radius 2 is 1.88 bits per heavy atom. The van der Waals surface area contributed by atoms with Crippen molar-refractivity contribution in [1.29, 1.82) is 0 Å². The highest BCUT2D eigenvalue weighted by molar-refractivity contribution is 5.98. The Kier molecular flexibility index (Phi) is 8.19. The number of aromatic amines is 1. The van der Waals surface area contributed by atoms with Gasteiger partial charge in [0.1, 0.15) is 17.5 Å². The maximum absolute atomic E-state index is 13.6. The van der Waals surface area contributed by atoms with Crippen LogP contribution in [0.15, 0.2) is 30.5 Å². The lowest BCUT2D eigenvalue weighted by atomic mass is 10.00. The van der Waals surface area contributed by atoms with Gasteiger partial charge in [0.2, 0.25) is 5.91 Å².